The molecule has 0 saturated heterocycles. The van der Waals surface area contributed by atoms with E-state index in [2.05, 4.69) is 15.3 Å². The molecule has 0 radical (unpaired) electrons. The van der Waals surface area contributed by atoms with Crippen LogP contribution in [0.1, 0.15) is 31.5 Å². The summed E-state index contributed by atoms with van der Waals surface area (Å²) in [5.74, 6) is 4.15. The number of methoxy groups -OCH3 is 1. The van der Waals surface area contributed by atoms with Crippen molar-refractivity contribution in [3.63, 3.8) is 0 Å². The first-order chi connectivity index (χ1) is 9.26. The van der Waals surface area contributed by atoms with E-state index in [-0.39, 0.29) is 0 Å². The first kappa shape index (κ1) is 13.1. The monoisotopic (exact) mass is 281 g/mol. The molecule has 104 valence electrons. The molecule has 2 aliphatic carbocycles. The first-order valence-corrected chi connectivity index (χ1v) is 7.40. The maximum Gasteiger partial charge on any atom is 0.158 e. The molecule has 0 amide bonds. The van der Waals surface area contributed by atoms with Crippen molar-refractivity contribution < 1.29 is 4.74 Å². The van der Waals surface area contributed by atoms with Crippen molar-refractivity contribution >= 4 is 17.4 Å². The van der Waals surface area contributed by atoms with E-state index in [1.807, 2.05) is 0 Å². The Morgan fingerprint density at radius 1 is 1.32 bits per heavy atom. The van der Waals surface area contributed by atoms with Crippen molar-refractivity contribution in [1.29, 1.82) is 0 Å². The topological polar surface area (TPSA) is 47.0 Å². The molecule has 1 aromatic rings. The van der Waals surface area contributed by atoms with Gasteiger partial charge >= 0.3 is 0 Å². The van der Waals surface area contributed by atoms with Gasteiger partial charge < -0.3 is 10.1 Å². The van der Waals surface area contributed by atoms with Gasteiger partial charge in [-0.2, -0.15) is 0 Å². The summed E-state index contributed by atoms with van der Waals surface area (Å²) in [7, 11) is 1.63. The lowest BCUT2D eigenvalue weighted by atomic mass is 9.98. The van der Waals surface area contributed by atoms with Gasteiger partial charge in [-0.3, -0.25) is 0 Å². The van der Waals surface area contributed by atoms with Crippen molar-refractivity contribution in [1.82, 2.24) is 9.97 Å². The zero-order valence-electron chi connectivity index (χ0n) is 11.2. The van der Waals surface area contributed by atoms with Gasteiger partial charge in [0.15, 0.2) is 5.82 Å². The van der Waals surface area contributed by atoms with Crippen LogP contribution in [0.3, 0.4) is 0 Å². The summed E-state index contributed by atoms with van der Waals surface area (Å²) in [6.07, 6.45) is 5.62. The van der Waals surface area contributed by atoms with Crippen LogP contribution in [0, 0.1) is 17.8 Å². The van der Waals surface area contributed by atoms with Crippen LogP contribution < -0.4 is 5.32 Å². The molecule has 4 nitrogen and oxygen atoms in total. The van der Waals surface area contributed by atoms with E-state index < -0.39 is 0 Å². The smallest absolute Gasteiger partial charge is 0.158 e. The molecule has 0 atom stereocenters. The lowest BCUT2D eigenvalue weighted by molar-refractivity contribution is 0.178. The van der Waals surface area contributed by atoms with Crippen LogP contribution in [0.2, 0.25) is 5.15 Å². The molecule has 19 heavy (non-hydrogen) atoms. The molecule has 0 aromatic carbocycles. The highest BCUT2D eigenvalue weighted by molar-refractivity contribution is 6.29. The molecule has 1 N–H and O–H groups in total. The van der Waals surface area contributed by atoms with Crippen LogP contribution in [0.4, 0.5) is 5.82 Å². The highest BCUT2D eigenvalue weighted by Crippen LogP contribution is 2.49. The van der Waals surface area contributed by atoms with Crippen LogP contribution in [-0.2, 0) is 11.3 Å². The van der Waals surface area contributed by atoms with E-state index in [9.17, 15) is 0 Å². The zero-order chi connectivity index (χ0) is 13.2. The van der Waals surface area contributed by atoms with Gasteiger partial charge in [0.25, 0.3) is 0 Å². The summed E-state index contributed by atoms with van der Waals surface area (Å²) >= 11 is 6.00. The van der Waals surface area contributed by atoms with E-state index in [0.717, 1.165) is 30.1 Å². The maximum absolute atomic E-state index is 6.00. The summed E-state index contributed by atoms with van der Waals surface area (Å²) < 4.78 is 5.05. The highest BCUT2D eigenvalue weighted by Gasteiger charge is 2.41. The maximum atomic E-state index is 6.00. The summed E-state index contributed by atoms with van der Waals surface area (Å²) in [6, 6.07) is 1.79. The number of hydrogen-bond donors (Lipinski definition) is 1. The van der Waals surface area contributed by atoms with E-state index in [1.54, 1.807) is 13.2 Å². The quantitative estimate of drug-likeness (QED) is 0.780. The molecule has 2 aliphatic rings. The van der Waals surface area contributed by atoms with Crippen LogP contribution in [0.15, 0.2) is 6.07 Å². The molecular formula is C14H20ClN3O. The van der Waals surface area contributed by atoms with E-state index >= 15 is 0 Å². The third kappa shape index (κ3) is 3.57. The van der Waals surface area contributed by atoms with Crippen molar-refractivity contribution in [2.75, 3.05) is 19.0 Å². The Morgan fingerprint density at radius 2 is 2.00 bits per heavy atom. The normalized spacial score (nSPS) is 18.9. The van der Waals surface area contributed by atoms with Gasteiger partial charge in [0.05, 0.1) is 0 Å². The van der Waals surface area contributed by atoms with Crippen LogP contribution >= 0.6 is 11.6 Å². The molecule has 0 spiro atoms. The number of anilines is 1. The number of nitrogens with one attached hydrogen (secondary N) is 1. The fourth-order valence-corrected chi connectivity index (χ4v) is 2.94. The molecule has 5 heteroatoms. The van der Waals surface area contributed by atoms with Gasteiger partial charge in [0.1, 0.15) is 17.6 Å². The Balaban J connectivity index is 1.61. The minimum atomic E-state index is 0.393. The molecule has 0 unspecified atom stereocenters. The third-order valence-corrected chi connectivity index (χ3v) is 4.18. The van der Waals surface area contributed by atoms with Crippen LogP contribution in [0.5, 0.6) is 0 Å². The van der Waals surface area contributed by atoms with Crippen molar-refractivity contribution in [3.05, 3.63) is 17.0 Å². The van der Waals surface area contributed by atoms with Gasteiger partial charge in [0, 0.05) is 19.7 Å². The summed E-state index contributed by atoms with van der Waals surface area (Å²) in [5, 5.41) is 3.91. The van der Waals surface area contributed by atoms with Gasteiger partial charge in [-0.25, -0.2) is 9.97 Å². The van der Waals surface area contributed by atoms with Gasteiger partial charge in [0.2, 0.25) is 0 Å². The second kappa shape index (κ2) is 5.63. The molecule has 0 bridgehead atoms. The lowest BCUT2D eigenvalue weighted by Crippen LogP contribution is -2.19. The predicted octanol–water partition coefficient (Wildman–Crippen LogP) is 3.12. The molecule has 1 heterocycles. The number of aromatic nitrogens is 2. The SMILES string of the molecule is COCc1nc(Cl)cc(NCC(C2CC2)C2CC2)n1. The molecule has 3 rings (SSSR count). The predicted molar refractivity (Wildman–Crippen MR) is 75.2 cm³/mol. The molecule has 2 fully saturated rings. The first-order valence-electron chi connectivity index (χ1n) is 7.02. The number of rotatable bonds is 7. The second-order valence-electron chi connectivity index (χ2n) is 5.64. The van der Waals surface area contributed by atoms with Crippen molar-refractivity contribution in [2.24, 2.45) is 17.8 Å². The Bertz CT molecular complexity index is 434. The Kier molecular flexibility index (Phi) is 3.89. The number of halogens is 1. The molecule has 2 saturated carbocycles. The summed E-state index contributed by atoms with van der Waals surface area (Å²) in [5.41, 5.74) is 0. The summed E-state index contributed by atoms with van der Waals surface area (Å²) in [4.78, 5) is 8.56. The largest absolute Gasteiger partial charge is 0.377 e. The second-order valence-corrected chi connectivity index (χ2v) is 6.03. The number of nitrogens with zero attached hydrogens (tertiary/aromatic N) is 2. The average molecular weight is 282 g/mol. The van der Waals surface area contributed by atoms with Gasteiger partial charge in [-0.1, -0.05) is 11.6 Å². The van der Waals surface area contributed by atoms with E-state index in [4.69, 9.17) is 16.3 Å². The number of ether oxygens (including phenoxy) is 1. The molecular weight excluding hydrogens is 262 g/mol. The average Bonchev–Trinajstić information content (AvgIpc) is 3.24. The summed E-state index contributed by atoms with van der Waals surface area (Å²) in [6.45, 7) is 1.40. The fourth-order valence-electron chi connectivity index (χ4n) is 2.74. The minimum Gasteiger partial charge on any atom is -0.377 e. The fraction of sp³-hybridized carbons (Fsp3) is 0.714. The van der Waals surface area contributed by atoms with Crippen LogP contribution in [-0.4, -0.2) is 23.6 Å². The van der Waals surface area contributed by atoms with Crippen LogP contribution in [0.25, 0.3) is 0 Å². The van der Waals surface area contributed by atoms with Gasteiger partial charge in [-0.05, 0) is 43.4 Å². The van der Waals surface area contributed by atoms with Gasteiger partial charge in [-0.15, -0.1) is 0 Å². The lowest BCUT2D eigenvalue weighted by Gasteiger charge is -2.16. The standard InChI is InChI=1S/C14H20ClN3O/c1-19-8-14-17-12(15)6-13(18-14)16-7-11(9-2-3-9)10-4-5-10/h6,9-11H,2-5,7-8H2,1H3,(H,16,17,18). The van der Waals surface area contributed by atoms with Crippen molar-refractivity contribution in [2.45, 2.75) is 32.3 Å². The van der Waals surface area contributed by atoms with Crippen molar-refractivity contribution in [3.8, 4) is 0 Å². The Labute approximate surface area is 118 Å². The third-order valence-electron chi connectivity index (χ3n) is 3.99. The van der Waals surface area contributed by atoms with E-state index in [1.165, 1.54) is 25.7 Å². The zero-order valence-corrected chi connectivity index (χ0v) is 12.0. The molecule has 1 aromatic heterocycles. The number of hydrogen-bond acceptors (Lipinski definition) is 4. The highest BCUT2D eigenvalue weighted by atomic mass is 35.5. The van der Waals surface area contributed by atoms with E-state index in [0.29, 0.717) is 17.6 Å². The Hall–Kier alpha value is -0.870. The Morgan fingerprint density at radius 3 is 2.58 bits per heavy atom. The minimum absolute atomic E-state index is 0.393. The molecule has 0 aliphatic heterocycles.